The smallest absolute Gasteiger partial charge is 0.416 e. The van der Waals surface area contributed by atoms with E-state index in [1.807, 2.05) is 4.90 Å². The summed E-state index contributed by atoms with van der Waals surface area (Å²) < 4.78 is 64.2. The minimum atomic E-state index is -4.52. The minimum absolute atomic E-state index is 0.0288. The number of ether oxygens (including phenoxy) is 2. The average molecular weight is 468 g/mol. The molecule has 0 aliphatic carbocycles. The predicted octanol–water partition coefficient (Wildman–Crippen LogP) is 3.64. The predicted molar refractivity (Wildman–Crippen MR) is 113 cm³/mol. The van der Waals surface area contributed by atoms with Gasteiger partial charge in [0, 0.05) is 31.8 Å². The Kier molecular flexibility index (Phi) is 6.94. The van der Waals surface area contributed by atoms with Gasteiger partial charge in [-0.15, -0.1) is 10.2 Å². The van der Waals surface area contributed by atoms with Crippen molar-refractivity contribution in [2.45, 2.75) is 25.1 Å². The summed E-state index contributed by atoms with van der Waals surface area (Å²) in [6.07, 6.45) is -1.14. The molecule has 0 saturated carbocycles. The molecule has 0 spiro atoms. The van der Waals surface area contributed by atoms with Crippen LogP contribution in [0, 0.1) is 0 Å². The molecule has 2 aromatic heterocycles. The maximum Gasteiger partial charge on any atom is 0.416 e. The van der Waals surface area contributed by atoms with Gasteiger partial charge in [0.2, 0.25) is 5.95 Å². The largest absolute Gasteiger partial charge is 0.467 e. The first-order chi connectivity index (χ1) is 15.9. The van der Waals surface area contributed by atoms with E-state index in [1.54, 1.807) is 16.8 Å². The monoisotopic (exact) mass is 468 g/mol. The first-order valence-electron chi connectivity index (χ1n) is 10.5. The maximum atomic E-state index is 13.2. The molecule has 0 amide bonds. The summed E-state index contributed by atoms with van der Waals surface area (Å²) in [5.41, 5.74) is 0.353. The lowest BCUT2D eigenvalue weighted by atomic mass is 10.1. The molecule has 1 fully saturated rings. The van der Waals surface area contributed by atoms with Gasteiger partial charge in [0.15, 0.2) is 6.79 Å². The van der Waals surface area contributed by atoms with Gasteiger partial charge in [0.1, 0.15) is 18.1 Å². The van der Waals surface area contributed by atoms with E-state index in [2.05, 4.69) is 20.6 Å². The fraction of sp³-hybridized carbons (Fsp3) is 0.476. The second-order valence-electron chi connectivity index (χ2n) is 7.73. The number of nitrogens with zero attached hydrogens (tertiary/aromatic N) is 5. The fourth-order valence-electron chi connectivity index (χ4n) is 3.94. The van der Waals surface area contributed by atoms with Crippen molar-refractivity contribution in [2.75, 3.05) is 45.5 Å². The van der Waals surface area contributed by atoms with Crippen molar-refractivity contribution in [2.24, 2.45) is 0 Å². The summed E-state index contributed by atoms with van der Waals surface area (Å²) in [4.78, 5) is 2.05. The standard InChI is InChI=1S/C21H24F4N6O2/c1-32-13-33-18-11-14(21(23,24)25)4-5-16(18)19-17-6-8-26-31(17)20(29-28-19)27-15-3-2-9-30(12-15)10-7-22/h4-6,8,11,15H,2-3,7,9-10,12-13H2,1H3,(H,27,29)/t15-/m1/s1. The van der Waals surface area contributed by atoms with Crippen LogP contribution in [0.4, 0.5) is 23.5 Å². The lowest BCUT2D eigenvalue weighted by Gasteiger charge is -2.32. The van der Waals surface area contributed by atoms with E-state index in [0.717, 1.165) is 31.5 Å². The van der Waals surface area contributed by atoms with Gasteiger partial charge in [0.25, 0.3) is 0 Å². The molecule has 8 nitrogen and oxygen atoms in total. The molecular formula is C21H24F4N6O2. The summed E-state index contributed by atoms with van der Waals surface area (Å²) in [6.45, 7) is 1.28. The van der Waals surface area contributed by atoms with Gasteiger partial charge in [-0.25, -0.2) is 4.39 Å². The van der Waals surface area contributed by atoms with E-state index in [-0.39, 0.29) is 18.6 Å². The van der Waals surface area contributed by atoms with Crippen LogP contribution >= 0.6 is 0 Å². The highest BCUT2D eigenvalue weighted by molar-refractivity contribution is 5.81. The first kappa shape index (κ1) is 23.2. The van der Waals surface area contributed by atoms with Crippen LogP contribution < -0.4 is 10.1 Å². The van der Waals surface area contributed by atoms with Crippen molar-refractivity contribution in [3.63, 3.8) is 0 Å². The van der Waals surface area contributed by atoms with Gasteiger partial charge in [-0.3, -0.25) is 4.90 Å². The molecule has 0 radical (unpaired) electrons. The van der Waals surface area contributed by atoms with Crippen LogP contribution in [0.3, 0.4) is 0 Å². The Labute approximate surface area is 187 Å². The fourth-order valence-corrected chi connectivity index (χ4v) is 3.94. The number of hydrogen-bond donors (Lipinski definition) is 1. The van der Waals surface area contributed by atoms with Crippen LogP contribution in [-0.4, -0.2) is 71.0 Å². The normalized spacial score (nSPS) is 17.4. The van der Waals surface area contributed by atoms with Gasteiger partial charge in [-0.05, 0) is 43.7 Å². The van der Waals surface area contributed by atoms with E-state index >= 15 is 0 Å². The molecule has 33 heavy (non-hydrogen) atoms. The molecule has 3 heterocycles. The number of likely N-dealkylation sites (tertiary alicyclic amines) is 1. The molecule has 1 atom stereocenters. The van der Waals surface area contributed by atoms with E-state index in [4.69, 9.17) is 9.47 Å². The molecule has 178 valence electrons. The number of rotatable bonds is 8. The second-order valence-corrected chi connectivity index (χ2v) is 7.73. The van der Waals surface area contributed by atoms with Crippen LogP contribution in [-0.2, 0) is 10.9 Å². The Morgan fingerprint density at radius 1 is 1.21 bits per heavy atom. The molecule has 0 unspecified atom stereocenters. The first-order valence-corrected chi connectivity index (χ1v) is 10.5. The van der Waals surface area contributed by atoms with E-state index in [0.29, 0.717) is 35.8 Å². The molecule has 1 aromatic carbocycles. The van der Waals surface area contributed by atoms with Crippen molar-refractivity contribution in [3.05, 3.63) is 36.0 Å². The molecular weight excluding hydrogens is 444 g/mol. The van der Waals surface area contributed by atoms with Crippen molar-refractivity contribution in [1.82, 2.24) is 24.7 Å². The van der Waals surface area contributed by atoms with E-state index in [9.17, 15) is 17.6 Å². The molecule has 1 aliphatic rings. The summed E-state index contributed by atoms with van der Waals surface area (Å²) in [7, 11) is 1.38. The number of alkyl halides is 4. The van der Waals surface area contributed by atoms with Crippen LogP contribution in [0.25, 0.3) is 16.8 Å². The summed E-state index contributed by atoms with van der Waals surface area (Å²) in [5.74, 6) is 0.371. The zero-order valence-corrected chi connectivity index (χ0v) is 18.0. The third-order valence-electron chi connectivity index (χ3n) is 5.47. The van der Waals surface area contributed by atoms with Gasteiger partial charge in [-0.1, -0.05) is 0 Å². The highest BCUT2D eigenvalue weighted by atomic mass is 19.4. The molecule has 1 N–H and O–H groups in total. The van der Waals surface area contributed by atoms with Crippen LogP contribution in [0.15, 0.2) is 30.5 Å². The molecule has 0 bridgehead atoms. The summed E-state index contributed by atoms with van der Waals surface area (Å²) in [6, 6.07) is 4.93. The average Bonchev–Trinajstić information content (AvgIpc) is 3.28. The number of halogens is 4. The number of fused-ring (bicyclic) bond motifs is 1. The van der Waals surface area contributed by atoms with Gasteiger partial charge in [0.05, 0.1) is 17.3 Å². The third-order valence-corrected chi connectivity index (χ3v) is 5.47. The lowest BCUT2D eigenvalue weighted by Crippen LogP contribution is -2.43. The third kappa shape index (κ3) is 5.17. The van der Waals surface area contributed by atoms with Crippen molar-refractivity contribution in [3.8, 4) is 17.0 Å². The number of anilines is 1. The SMILES string of the molecule is COCOc1cc(C(F)(F)F)ccc1-c1nnc(N[C@@H]2CCCN(CCF)C2)n2nccc12. The Balaban J connectivity index is 1.67. The number of hydrogen-bond acceptors (Lipinski definition) is 7. The van der Waals surface area contributed by atoms with Crippen LogP contribution in [0.2, 0.25) is 0 Å². The van der Waals surface area contributed by atoms with E-state index in [1.165, 1.54) is 13.2 Å². The Morgan fingerprint density at radius 2 is 2.06 bits per heavy atom. The molecule has 12 heteroatoms. The number of piperidine rings is 1. The minimum Gasteiger partial charge on any atom is -0.467 e. The zero-order chi connectivity index (χ0) is 23.4. The Morgan fingerprint density at radius 3 is 2.82 bits per heavy atom. The van der Waals surface area contributed by atoms with Crippen LogP contribution in [0.5, 0.6) is 5.75 Å². The second kappa shape index (κ2) is 9.87. The molecule has 4 rings (SSSR count). The number of aromatic nitrogens is 4. The quantitative estimate of drug-likeness (QED) is 0.400. The zero-order valence-electron chi connectivity index (χ0n) is 18.0. The topological polar surface area (TPSA) is 76.8 Å². The van der Waals surface area contributed by atoms with Gasteiger partial charge < -0.3 is 14.8 Å². The Bertz CT molecular complexity index is 1090. The van der Waals surface area contributed by atoms with E-state index < -0.39 is 18.4 Å². The van der Waals surface area contributed by atoms with Crippen LogP contribution in [0.1, 0.15) is 18.4 Å². The number of nitrogens with one attached hydrogen (secondary N) is 1. The molecule has 1 saturated heterocycles. The maximum absolute atomic E-state index is 13.2. The van der Waals surface area contributed by atoms with Gasteiger partial charge >= 0.3 is 6.18 Å². The Hall–Kier alpha value is -2.99. The van der Waals surface area contributed by atoms with Crippen molar-refractivity contribution < 1.29 is 27.0 Å². The highest BCUT2D eigenvalue weighted by Gasteiger charge is 2.32. The lowest BCUT2D eigenvalue weighted by molar-refractivity contribution is -0.137. The summed E-state index contributed by atoms with van der Waals surface area (Å²) >= 11 is 0. The van der Waals surface area contributed by atoms with Crippen molar-refractivity contribution in [1.29, 1.82) is 0 Å². The van der Waals surface area contributed by atoms with Gasteiger partial charge in [-0.2, -0.15) is 22.8 Å². The highest BCUT2D eigenvalue weighted by Crippen LogP contribution is 2.38. The molecule has 3 aromatic rings. The number of benzene rings is 1. The summed E-state index contributed by atoms with van der Waals surface area (Å²) in [5, 5.41) is 16.2. The van der Waals surface area contributed by atoms with Crippen molar-refractivity contribution >= 4 is 11.5 Å². The number of methoxy groups -OCH3 is 1. The molecule has 1 aliphatic heterocycles.